The van der Waals surface area contributed by atoms with Crippen LogP contribution < -0.4 is 4.90 Å². The lowest BCUT2D eigenvalue weighted by Crippen LogP contribution is -2.42. The summed E-state index contributed by atoms with van der Waals surface area (Å²) >= 11 is 0. The van der Waals surface area contributed by atoms with Crippen LogP contribution in [0, 0.1) is 5.92 Å². The van der Waals surface area contributed by atoms with Crippen molar-refractivity contribution in [3.8, 4) is 0 Å². The van der Waals surface area contributed by atoms with Crippen LogP contribution in [0.1, 0.15) is 55.6 Å². The molecule has 3 atom stereocenters. The number of nitrogens with zero attached hydrogens (tertiary/aromatic N) is 3. The molecule has 1 fully saturated rings. The van der Waals surface area contributed by atoms with E-state index in [1.54, 1.807) is 4.90 Å². The number of rotatable bonds is 4. The molecule has 2 heterocycles. The van der Waals surface area contributed by atoms with E-state index in [4.69, 9.17) is 9.72 Å². The first-order chi connectivity index (χ1) is 16.0. The Labute approximate surface area is 193 Å². The predicted octanol–water partition coefficient (Wildman–Crippen LogP) is 4.96. The summed E-state index contributed by atoms with van der Waals surface area (Å²) in [6.07, 6.45) is 4.13. The average molecular weight is 448 g/mol. The van der Waals surface area contributed by atoms with E-state index in [9.17, 15) is 14.7 Å². The van der Waals surface area contributed by atoms with Gasteiger partial charge in [0.1, 0.15) is 5.82 Å². The van der Waals surface area contributed by atoms with Gasteiger partial charge in [-0.3, -0.25) is 9.69 Å². The summed E-state index contributed by atoms with van der Waals surface area (Å²) in [6, 6.07) is 14.4. The van der Waals surface area contributed by atoms with Gasteiger partial charge in [0, 0.05) is 24.1 Å². The minimum absolute atomic E-state index is 0.0550. The van der Waals surface area contributed by atoms with Gasteiger partial charge in [0.2, 0.25) is 0 Å². The van der Waals surface area contributed by atoms with Crippen LogP contribution in [-0.4, -0.2) is 39.9 Å². The lowest BCUT2D eigenvalue weighted by atomic mass is 9.95. The Morgan fingerprint density at radius 1 is 1.12 bits per heavy atom. The summed E-state index contributed by atoms with van der Waals surface area (Å²) < 4.78 is 7.33. The maximum Gasteiger partial charge on any atom is 0.414 e. The molecule has 2 unspecified atom stereocenters. The minimum Gasteiger partial charge on any atom is -0.481 e. The second-order valence-corrected chi connectivity index (χ2v) is 9.22. The van der Waals surface area contributed by atoms with E-state index in [-0.39, 0.29) is 24.1 Å². The molecule has 1 amide bonds. The van der Waals surface area contributed by atoms with E-state index in [2.05, 4.69) is 16.7 Å². The number of amides is 1. The zero-order valence-corrected chi connectivity index (χ0v) is 19.0. The van der Waals surface area contributed by atoms with Gasteiger partial charge in [-0.15, -0.1) is 0 Å². The summed E-state index contributed by atoms with van der Waals surface area (Å²) in [6.45, 7) is 2.04. The Hall–Kier alpha value is -3.35. The zero-order valence-electron chi connectivity index (χ0n) is 19.0. The number of aryl methyl sites for hydroxylation is 1. The number of hydrogen-bond acceptors (Lipinski definition) is 4. The van der Waals surface area contributed by atoms with Crippen LogP contribution in [-0.2, 0) is 22.4 Å². The number of anilines is 1. The fourth-order valence-corrected chi connectivity index (χ4v) is 5.55. The molecule has 1 aromatic heterocycles. The van der Waals surface area contributed by atoms with Crippen molar-refractivity contribution in [3.05, 3.63) is 59.4 Å². The number of benzene rings is 2. The van der Waals surface area contributed by atoms with E-state index in [1.165, 1.54) is 12.7 Å². The molecular weight excluding hydrogens is 418 g/mol. The standard InChI is InChI=1S/C26H29N3O4/c1-16-8-11-20-21(28(16)26(32)33-2)12-13-22-24(20)27-23(14-17-6-4-3-5-7-17)29(22)19-10-9-18(15-19)25(30)31/h3-7,12-13,16,18-19H,8-11,14-15H2,1-2H3,(H,30,31)/t16-,18?,19?/m0/s1. The van der Waals surface area contributed by atoms with Crippen LogP contribution in [0.3, 0.4) is 0 Å². The van der Waals surface area contributed by atoms with E-state index < -0.39 is 5.97 Å². The lowest BCUT2D eigenvalue weighted by Gasteiger charge is -2.34. The Morgan fingerprint density at radius 3 is 2.61 bits per heavy atom. The number of carbonyl (C=O) groups excluding carboxylic acids is 1. The van der Waals surface area contributed by atoms with Crippen LogP contribution >= 0.6 is 0 Å². The van der Waals surface area contributed by atoms with E-state index in [0.717, 1.165) is 47.4 Å². The maximum atomic E-state index is 12.5. The van der Waals surface area contributed by atoms with Gasteiger partial charge in [-0.05, 0) is 56.7 Å². The molecule has 7 heteroatoms. The molecule has 172 valence electrons. The Balaban J connectivity index is 1.65. The van der Waals surface area contributed by atoms with Crippen LogP contribution in [0.5, 0.6) is 0 Å². The van der Waals surface area contributed by atoms with Crippen molar-refractivity contribution < 1.29 is 19.4 Å². The zero-order chi connectivity index (χ0) is 23.1. The van der Waals surface area contributed by atoms with Gasteiger partial charge in [0.15, 0.2) is 0 Å². The van der Waals surface area contributed by atoms with Gasteiger partial charge in [-0.1, -0.05) is 30.3 Å². The van der Waals surface area contributed by atoms with Gasteiger partial charge in [-0.25, -0.2) is 9.78 Å². The Bertz CT molecular complexity index is 1200. The molecule has 3 aromatic rings. The second kappa shape index (κ2) is 8.54. The molecule has 1 N–H and O–H groups in total. The first kappa shape index (κ1) is 21.5. The molecule has 1 saturated carbocycles. The number of imidazole rings is 1. The summed E-state index contributed by atoms with van der Waals surface area (Å²) in [7, 11) is 1.41. The number of aromatic nitrogens is 2. The highest BCUT2D eigenvalue weighted by molar-refractivity contribution is 5.95. The van der Waals surface area contributed by atoms with Crippen molar-refractivity contribution in [1.82, 2.24) is 9.55 Å². The SMILES string of the molecule is COC(=O)N1c2ccc3c(nc(Cc4ccccc4)n3C3CCC(C(=O)O)C3)c2CC[C@@H]1C. The summed E-state index contributed by atoms with van der Waals surface area (Å²) in [5.41, 5.74) is 5.03. The minimum atomic E-state index is -0.716. The van der Waals surface area contributed by atoms with Crippen LogP contribution in [0.2, 0.25) is 0 Å². The first-order valence-electron chi connectivity index (χ1n) is 11.6. The molecule has 2 aliphatic rings. The topological polar surface area (TPSA) is 84.7 Å². The normalized spacial score (nSPS) is 22.4. The van der Waals surface area contributed by atoms with Gasteiger partial charge in [0.25, 0.3) is 0 Å². The molecule has 0 spiro atoms. The molecular formula is C26H29N3O4. The number of carbonyl (C=O) groups is 2. The molecule has 2 aromatic carbocycles. The van der Waals surface area contributed by atoms with E-state index in [1.807, 2.05) is 37.3 Å². The van der Waals surface area contributed by atoms with Crippen LogP contribution in [0.25, 0.3) is 11.0 Å². The second-order valence-electron chi connectivity index (χ2n) is 9.22. The Morgan fingerprint density at radius 2 is 1.91 bits per heavy atom. The summed E-state index contributed by atoms with van der Waals surface area (Å²) in [5.74, 6) is -0.0826. The largest absolute Gasteiger partial charge is 0.481 e. The van der Waals surface area contributed by atoms with Crippen molar-refractivity contribution in [2.75, 3.05) is 12.0 Å². The fourth-order valence-electron chi connectivity index (χ4n) is 5.55. The molecule has 33 heavy (non-hydrogen) atoms. The third-order valence-electron chi connectivity index (χ3n) is 7.22. The molecule has 0 radical (unpaired) electrons. The smallest absolute Gasteiger partial charge is 0.414 e. The van der Waals surface area contributed by atoms with Gasteiger partial charge >= 0.3 is 12.1 Å². The van der Waals surface area contributed by atoms with Crippen molar-refractivity contribution in [3.63, 3.8) is 0 Å². The molecule has 0 saturated heterocycles. The van der Waals surface area contributed by atoms with Crippen LogP contribution in [0.15, 0.2) is 42.5 Å². The number of aliphatic carboxylic acids is 1. The molecule has 7 nitrogen and oxygen atoms in total. The summed E-state index contributed by atoms with van der Waals surface area (Å²) in [4.78, 5) is 31.0. The highest BCUT2D eigenvalue weighted by Crippen LogP contribution is 2.41. The van der Waals surface area contributed by atoms with Gasteiger partial charge in [-0.2, -0.15) is 0 Å². The highest BCUT2D eigenvalue weighted by Gasteiger charge is 2.35. The monoisotopic (exact) mass is 447 g/mol. The Kier molecular flexibility index (Phi) is 5.56. The van der Waals surface area contributed by atoms with E-state index in [0.29, 0.717) is 19.3 Å². The fraction of sp³-hybridized carbons (Fsp3) is 0.423. The average Bonchev–Trinajstić information content (AvgIpc) is 3.43. The third kappa shape index (κ3) is 3.75. The molecule has 1 aliphatic heterocycles. The van der Waals surface area contributed by atoms with Crippen molar-refractivity contribution in [2.24, 2.45) is 5.92 Å². The van der Waals surface area contributed by atoms with Crippen molar-refractivity contribution >= 4 is 28.8 Å². The number of carboxylic acids is 1. The first-order valence-corrected chi connectivity index (χ1v) is 11.6. The number of carboxylic acid groups (broad SMARTS) is 1. The number of ether oxygens (including phenoxy) is 1. The quantitative estimate of drug-likeness (QED) is 0.611. The van der Waals surface area contributed by atoms with Crippen molar-refractivity contribution in [1.29, 1.82) is 0 Å². The predicted molar refractivity (Wildman–Crippen MR) is 126 cm³/mol. The molecule has 0 bridgehead atoms. The maximum absolute atomic E-state index is 12.5. The van der Waals surface area contributed by atoms with Crippen molar-refractivity contribution in [2.45, 2.75) is 57.5 Å². The molecule has 5 rings (SSSR count). The van der Waals surface area contributed by atoms with E-state index >= 15 is 0 Å². The number of methoxy groups -OCH3 is 1. The summed E-state index contributed by atoms with van der Waals surface area (Å²) in [5, 5.41) is 9.56. The number of fused-ring (bicyclic) bond motifs is 3. The lowest BCUT2D eigenvalue weighted by molar-refractivity contribution is -0.141. The molecule has 1 aliphatic carbocycles. The van der Waals surface area contributed by atoms with Crippen LogP contribution in [0.4, 0.5) is 10.5 Å². The third-order valence-corrected chi connectivity index (χ3v) is 7.22. The number of hydrogen-bond donors (Lipinski definition) is 1. The van der Waals surface area contributed by atoms with Gasteiger partial charge in [0.05, 0.1) is 29.7 Å². The van der Waals surface area contributed by atoms with Gasteiger partial charge < -0.3 is 14.4 Å². The highest BCUT2D eigenvalue weighted by atomic mass is 16.5.